The molecule has 0 aliphatic rings. The summed E-state index contributed by atoms with van der Waals surface area (Å²) in [5.41, 5.74) is 21.9. The van der Waals surface area contributed by atoms with Crippen molar-refractivity contribution in [2.75, 3.05) is 0 Å². The number of para-hydroxylation sites is 9. The molecule has 0 unspecified atom stereocenters. The molecular weight excluding hydrogens is 2050 g/mol. The van der Waals surface area contributed by atoms with Gasteiger partial charge in [-0.05, 0) is 128 Å². The van der Waals surface area contributed by atoms with E-state index < -0.39 is 0 Å². The first kappa shape index (κ1) is 100. The van der Waals surface area contributed by atoms with Crippen LogP contribution in [0.15, 0.2) is 347 Å². The van der Waals surface area contributed by atoms with Gasteiger partial charge in [-0.15, -0.1) is 166 Å². The Morgan fingerprint density at radius 3 is 0.955 bits per heavy atom. The third-order valence-electron chi connectivity index (χ3n) is 23.4. The molecule has 27 rings (SSSR count). The van der Waals surface area contributed by atoms with E-state index in [0.717, 1.165) is 127 Å². The predicted molar refractivity (Wildman–Crippen MR) is 527 cm³/mol. The van der Waals surface area contributed by atoms with Gasteiger partial charge in [0.25, 0.3) is 0 Å². The summed E-state index contributed by atoms with van der Waals surface area (Å²) < 4.78 is 26.5. The first-order valence-electron chi connectivity index (χ1n) is 41.2. The van der Waals surface area contributed by atoms with E-state index in [1.807, 2.05) is 132 Å². The molecule has 132 heavy (non-hydrogen) atoms. The summed E-state index contributed by atoms with van der Waals surface area (Å²) in [7, 11) is 4.76. The van der Waals surface area contributed by atoms with E-state index in [2.05, 4.69) is 315 Å². The number of aromatic nitrogens is 12. The summed E-state index contributed by atoms with van der Waals surface area (Å²) >= 11 is 5.10. The Labute approximate surface area is 884 Å². The van der Waals surface area contributed by atoms with Gasteiger partial charge in [-0.3, -0.25) is 34.3 Å². The third kappa shape index (κ3) is 18.3. The van der Waals surface area contributed by atoms with Crippen LogP contribution < -0.4 is 72.2 Å². The maximum Gasteiger partial charge on any atom is 0.0774 e. The first-order chi connectivity index (χ1) is 61.6. The van der Waals surface area contributed by atoms with Gasteiger partial charge in [-0.2, -0.15) is 0 Å². The normalized spacial score (nSPS) is 10.9. The molecule has 0 aliphatic carbocycles. The molecule has 12 heterocycles. The number of nitrogens with zero attached hydrogens (tertiary/aromatic N) is 12. The largest absolute Gasteiger partial charge is 0.340 e. The van der Waals surface area contributed by atoms with E-state index in [1.54, 1.807) is 12.3 Å². The minimum atomic E-state index is -0.274. The van der Waals surface area contributed by atoms with Gasteiger partial charge in [0.05, 0.1) is 67.0 Å². The smallest absolute Gasteiger partial charge is 0.0774 e. The number of halogens is 6. The van der Waals surface area contributed by atoms with Crippen LogP contribution in [0.3, 0.4) is 0 Å². The van der Waals surface area contributed by atoms with Crippen molar-refractivity contribution in [1.29, 1.82) is 0 Å². The summed E-state index contributed by atoms with van der Waals surface area (Å²) in [5, 5.41) is 20.4. The van der Waals surface area contributed by atoms with E-state index in [0.29, 0.717) is 11.8 Å². The van der Waals surface area contributed by atoms with Crippen LogP contribution in [0.5, 0.6) is 0 Å². The monoisotopic (exact) mass is 2120 g/mol. The predicted octanol–water partition coefficient (Wildman–Crippen LogP) is 14.9. The van der Waals surface area contributed by atoms with E-state index in [9.17, 15) is 4.39 Å². The first-order valence-corrected chi connectivity index (χ1v) is 52.0. The van der Waals surface area contributed by atoms with Crippen LogP contribution in [0.2, 0.25) is 0 Å². The minimum absolute atomic E-state index is 0. The van der Waals surface area contributed by atoms with Crippen molar-refractivity contribution in [3.8, 4) is 0 Å². The van der Waals surface area contributed by atoms with Crippen LogP contribution in [0.25, 0.3) is 197 Å². The van der Waals surface area contributed by atoms with Crippen molar-refractivity contribution in [1.82, 2.24) is 56.3 Å². The fourth-order valence-corrected chi connectivity index (χ4v) is 17.7. The molecule has 0 aliphatic heterocycles. The van der Waals surface area contributed by atoms with E-state index in [1.165, 1.54) is 120 Å². The number of fused-ring (bicyclic) bond motifs is 42. The van der Waals surface area contributed by atoms with E-state index in [-0.39, 0.29) is 147 Å². The molecule has 24 heteroatoms. The number of hydrogen-bond acceptors (Lipinski definition) is 6. The molecular formula is C108H71Br2Cl2FILiMg3N12Zn2. The Kier molecular flexibility index (Phi) is 33.4. The number of imidazole rings is 6. The molecule has 0 spiro atoms. The van der Waals surface area contributed by atoms with E-state index in [4.69, 9.17) is 24.6 Å². The van der Waals surface area contributed by atoms with Gasteiger partial charge in [-0.25, -0.2) is 0 Å². The van der Waals surface area contributed by atoms with Gasteiger partial charge in [0.2, 0.25) is 0 Å². The zero-order valence-corrected chi connectivity index (χ0v) is 89.8. The average Bonchev–Trinajstić information content (AvgIpc) is 1.57. The van der Waals surface area contributed by atoms with Gasteiger partial charge in [0.15, 0.2) is 0 Å². The third-order valence-corrected chi connectivity index (χ3v) is 23.4. The molecule has 0 radical (unpaired) electrons. The molecule has 0 atom stereocenters. The molecule has 0 N–H and O–H groups in total. The molecule has 12 aromatic heterocycles. The molecule has 27 aromatic rings. The van der Waals surface area contributed by atoms with Crippen LogP contribution in [0.1, 0.15) is 50.7 Å². The van der Waals surface area contributed by atoms with Crippen LogP contribution in [0.4, 0.5) is 4.39 Å². The average molecular weight is 2120 g/mol. The number of hydrogen-bond donors (Lipinski definition) is 0. The Hall–Kier alpha value is -9.32. The maximum absolute atomic E-state index is 13.4. The molecule has 0 saturated heterocycles. The fraction of sp³-hybridized carbons (Fsp3) is 0.0556. The van der Waals surface area contributed by atoms with Gasteiger partial charge in [-0.1, -0.05) is 199 Å². The second-order valence-corrected chi connectivity index (χ2v) is 31.0. The summed E-state index contributed by atoms with van der Waals surface area (Å²) in [6.07, 6.45) is 11.4. The Balaban J connectivity index is 0.000000133. The Morgan fingerprint density at radius 2 is 0.576 bits per heavy atom. The van der Waals surface area contributed by atoms with Gasteiger partial charge < -0.3 is 79.8 Å². The SMILES string of the molecule is CC(C)c1ccc2c(c1)c1ccc[c-]c1c1nccn21.CC(C)c1ccc2nc3c4[c-]cccc4c4ccccc4n3c2c1.Fc1c[c-]c2c(c1)c1ccccc1n1ccnc21.[Br-].[Cl-].[Cl][Zn+].[I-].[Li+].[Mg+2].[Mg+2].[Mg+2].[Zn+][Br].[c-]1cccc2c1c1nc3ccccc3n1c1ccccc21.[c-]1cccc2c1c1nc3ccccc3n1c1ccccc21.[c-]1cccc2c1c1nccn1c1ccccc21. The fourth-order valence-electron chi connectivity index (χ4n) is 17.7. The quantitative estimate of drug-likeness (QED) is 0.0739. The number of rotatable bonds is 2. The second-order valence-electron chi connectivity index (χ2n) is 31.0. The van der Waals surface area contributed by atoms with Crippen molar-refractivity contribution >= 4 is 290 Å². The molecule has 0 fully saturated rings. The van der Waals surface area contributed by atoms with Crippen molar-refractivity contribution in [3.05, 3.63) is 400 Å². The molecule has 12 nitrogen and oxygen atoms in total. The summed E-state index contributed by atoms with van der Waals surface area (Å²) in [4.78, 5) is 27.8. The zero-order chi connectivity index (χ0) is 84.9. The summed E-state index contributed by atoms with van der Waals surface area (Å²) in [5.74, 6) is 0.752. The van der Waals surface area contributed by atoms with Crippen LogP contribution in [0, 0.1) is 42.2 Å². The summed E-state index contributed by atoms with van der Waals surface area (Å²) in [6.45, 7) is 8.91. The van der Waals surface area contributed by atoms with Crippen molar-refractivity contribution in [3.63, 3.8) is 0 Å². The molecule has 0 amide bonds. The van der Waals surface area contributed by atoms with Crippen LogP contribution in [-0.2, 0) is 33.7 Å². The second kappa shape index (κ2) is 44.0. The molecule has 15 aromatic carbocycles. The number of pyridine rings is 6. The molecule has 0 saturated carbocycles. The van der Waals surface area contributed by atoms with Crippen LogP contribution >= 0.6 is 23.3 Å². The molecule has 616 valence electrons. The Bertz CT molecular complexity index is 8630. The van der Waals surface area contributed by atoms with Gasteiger partial charge >= 0.3 is 145 Å². The van der Waals surface area contributed by atoms with E-state index >= 15 is 0 Å². The van der Waals surface area contributed by atoms with Gasteiger partial charge in [0.1, 0.15) is 0 Å². The number of benzene rings is 15. The zero-order valence-electron chi connectivity index (χ0n) is 72.7. The topological polar surface area (TPSA) is 104 Å². The van der Waals surface area contributed by atoms with Crippen LogP contribution in [-0.4, -0.2) is 125 Å². The minimum Gasteiger partial charge on any atom is -0.340 e. The van der Waals surface area contributed by atoms with Crippen molar-refractivity contribution in [2.45, 2.75) is 39.5 Å². The van der Waals surface area contributed by atoms with Crippen molar-refractivity contribution in [2.24, 2.45) is 0 Å². The standard InChI is InChI=1S/C22H17N2.2C19H11N2.C18H15N2.C15H8FN2.C15H9N2.2BrH.2ClH.HI.Li.3Mg.2Zn/c1-14(2)15-11-12-19-21(13-15)24-20-10-6-5-8-17(20)16-7-3-4-9-18(16)22(24)23-19;2*1-2-9-15-13(7-1)14-8-3-5-11-17(14)21-18-12-6-4-10-16(18)20-19(15)21;1-12(2)13-7-8-17-16(11-13)14-5-3-4-6-15(14)18-19-9-10-20(17)18;16-10-5-6-12-13(9-10)11-3-1-2-4-14(11)18-8-7-17-15(12)18;1-2-7-13-11(5-1)12-6-3-4-8-14(12)17-10-9-16-15(13)17;;;;;;;;;;;/h3-8,10-14H,1-2H3;2*1-8,10-12H;3-5,7-12H,1-2H3;1-5,7-9H;1-6,8-10H;5*1H;;;;;;/q6*-1;;;;;;+1;5*+2/p-5. The summed E-state index contributed by atoms with van der Waals surface area (Å²) in [6, 6.07) is 125. The maximum atomic E-state index is 13.4. The molecule has 0 bridgehead atoms. The Morgan fingerprint density at radius 1 is 0.303 bits per heavy atom. The van der Waals surface area contributed by atoms with Crippen molar-refractivity contribution < 1.29 is 110 Å². The van der Waals surface area contributed by atoms with Gasteiger partial charge in [0, 0.05) is 76.1 Å².